The van der Waals surface area contributed by atoms with E-state index in [1.807, 2.05) is 147 Å². The van der Waals surface area contributed by atoms with E-state index in [4.69, 9.17) is 48.7 Å². The zero-order valence-electron chi connectivity index (χ0n) is 40.7. The van der Waals surface area contributed by atoms with Crippen molar-refractivity contribution in [2.75, 3.05) is 79.3 Å². The lowest BCUT2D eigenvalue weighted by Crippen LogP contribution is -2.42. The maximum atomic E-state index is 8.89. The highest BCUT2D eigenvalue weighted by Crippen LogP contribution is 2.17. The Morgan fingerprint density at radius 1 is 0.229 bits per heavy atom. The first-order chi connectivity index (χ1) is 34.7. The molecule has 70 heavy (non-hydrogen) atoms. The molecule has 0 aliphatic carbocycles. The predicted octanol–water partition coefficient (Wildman–Crippen LogP) is 3.08. The number of aliphatic hydroxyl groups excluding tert-OH is 2. The average molecular weight is 967 g/mol. The zero-order valence-corrected chi connectivity index (χ0v) is 40.7. The summed E-state index contributed by atoms with van der Waals surface area (Å²) in [7, 11) is 0. The first-order valence-corrected chi connectivity index (χ1v) is 24.9. The molecular weight excluding hydrogens is 893 g/mol. The van der Waals surface area contributed by atoms with Gasteiger partial charge in [0.1, 0.15) is 0 Å². The molecule has 0 unspecified atom stereocenters. The predicted molar refractivity (Wildman–Crippen MR) is 257 cm³/mol. The summed E-state index contributed by atoms with van der Waals surface area (Å²) < 4.78 is 22.0. The van der Waals surface area contributed by atoms with Crippen LogP contribution in [0.1, 0.15) is 77.0 Å². The third-order valence-corrected chi connectivity index (χ3v) is 11.1. The molecule has 2 N–H and O–H groups in total. The van der Waals surface area contributed by atoms with Crippen molar-refractivity contribution in [1.82, 2.24) is 0 Å². The van der Waals surface area contributed by atoms with Crippen molar-refractivity contribution >= 4 is 0 Å². The number of hydrogen-bond donors (Lipinski definition) is 2. The van der Waals surface area contributed by atoms with Gasteiger partial charge in [0.25, 0.3) is 0 Å². The number of aliphatic hydroxyl groups is 2. The molecule has 0 aliphatic rings. The van der Waals surface area contributed by atoms with Crippen LogP contribution in [0.4, 0.5) is 0 Å². The highest BCUT2D eigenvalue weighted by molar-refractivity contribution is 5.62. The van der Waals surface area contributed by atoms with E-state index in [1.54, 1.807) is 28.4 Å². The monoisotopic (exact) mass is 967 g/mol. The van der Waals surface area contributed by atoms with Crippen molar-refractivity contribution in [2.45, 2.75) is 77.0 Å². The number of rotatable bonds is 37. The molecule has 0 aromatic carbocycles. The van der Waals surface area contributed by atoms with Crippen LogP contribution in [0.2, 0.25) is 0 Å². The zero-order chi connectivity index (χ0) is 48.5. The summed E-state index contributed by atoms with van der Waals surface area (Å²) in [4.78, 5) is 34.8. The number of pyridine rings is 6. The quantitative estimate of drug-likeness (QED) is 0.0443. The second-order valence-corrected chi connectivity index (χ2v) is 16.6. The molecule has 0 spiro atoms. The van der Waals surface area contributed by atoms with Gasteiger partial charge in [0.05, 0.1) is 0 Å². The molecule has 16 heteroatoms. The van der Waals surface area contributed by atoms with Crippen LogP contribution in [0.3, 0.4) is 0 Å². The first kappa shape index (κ1) is 52.9. The Labute approximate surface area is 412 Å². The van der Waals surface area contributed by atoms with Crippen LogP contribution < -0.4 is 57.4 Å². The molecule has 0 fully saturated rings. The standard InChI is InChI=1S/C54H74N6O10/c61-37-1-3-43-65-55-25-13-49(14-26-55)51-17-29-57(30-18-51)67-45-9-5-39-63-41-7-11-47-69-59-33-21-53(22-34-59)54-23-35-60(36-24-54)70-48-12-8-42-64-40-6-10-46-68-58-31-19-52(20-32-58)50-15-27-56(28-16-50)66-44-4-2-38-62/h13-36,61-62H,1-12,37-48H2/q+6. The van der Waals surface area contributed by atoms with Crippen molar-refractivity contribution in [1.29, 1.82) is 0 Å². The molecule has 6 aromatic rings. The minimum absolute atomic E-state index is 0.188. The number of aromatic nitrogens is 6. The van der Waals surface area contributed by atoms with Crippen LogP contribution in [-0.4, -0.2) is 89.5 Å². The highest BCUT2D eigenvalue weighted by atomic mass is 16.7. The Bertz CT molecular complexity index is 2090. The smallest absolute Gasteiger partial charge is 0.223 e. The number of hydrogen-bond acceptors (Lipinski definition) is 10. The SMILES string of the molecule is OCCCCO[n+]1ccc(-c2cc[n+](OCCCCOCCCCO[n+]3ccc(-c4cc[n+](OCCCCOCCCCO[n+]5ccc(-c6cc[n+](OCCCCO)cc6)cc5)cc4)cc3)cc2)cc1. The molecule has 0 aliphatic heterocycles. The van der Waals surface area contributed by atoms with E-state index < -0.39 is 0 Å². The molecule has 0 atom stereocenters. The molecule has 0 bridgehead atoms. The molecule has 0 radical (unpaired) electrons. The van der Waals surface area contributed by atoms with Crippen molar-refractivity contribution in [3.05, 3.63) is 147 Å². The summed E-state index contributed by atoms with van der Waals surface area (Å²) in [6, 6.07) is 24.4. The van der Waals surface area contributed by atoms with Crippen molar-refractivity contribution in [2.24, 2.45) is 0 Å². The van der Waals surface area contributed by atoms with Crippen LogP contribution in [0, 0.1) is 0 Å². The van der Waals surface area contributed by atoms with E-state index in [1.165, 1.54) is 0 Å². The third kappa shape index (κ3) is 20.2. The molecule has 6 rings (SSSR count). The molecule has 0 saturated heterocycles. The fourth-order valence-electron chi connectivity index (χ4n) is 7.02. The maximum absolute atomic E-state index is 8.89. The van der Waals surface area contributed by atoms with E-state index in [9.17, 15) is 0 Å². The molecule has 6 aromatic heterocycles. The van der Waals surface area contributed by atoms with E-state index in [2.05, 4.69) is 0 Å². The van der Waals surface area contributed by atoms with E-state index in [0.717, 1.165) is 110 Å². The Hall–Kier alpha value is -6.46. The van der Waals surface area contributed by atoms with Crippen LogP contribution in [-0.2, 0) is 9.47 Å². The second-order valence-electron chi connectivity index (χ2n) is 16.6. The molecule has 374 valence electrons. The van der Waals surface area contributed by atoms with Gasteiger partial charge in [0.15, 0.2) is 39.6 Å². The van der Waals surface area contributed by atoms with Gasteiger partial charge in [-0.3, -0.25) is 29.0 Å². The Morgan fingerprint density at radius 3 is 0.557 bits per heavy atom. The summed E-state index contributed by atoms with van der Waals surface area (Å²) in [5, 5.41) is 17.8. The Balaban J connectivity index is 0.709. The van der Waals surface area contributed by atoms with Gasteiger partial charge in [-0.25, -0.2) is 0 Å². The van der Waals surface area contributed by atoms with Gasteiger partial charge in [0.2, 0.25) is 74.4 Å². The largest absolute Gasteiger partial charge is 0.396 e. The fourth-order valence-corrected chi connectivity index (χ4v) is 7.02. The van der Waals surface area contributed by atoms with Gasteiger partial charge in [-0.1, -0.05) is 0 Å². The average Bonchev–Trinajstić information content (AvgIpc) is 3.41. The van der Waals surface area contributed by atoms with Crippen LogP contribution >= 0.6 is 0 Å². The Kier molecular flexibility index (Phi) is 24.5. The van der Waals surface area contributed by atoms with Gasteiger partial charge in [-0.05, 0) is 110 Å². The van der Waals surface area contributed by atoms with Crippen molar-refractivity contribution < 1.29 is 77.1 Å². The van der Waals surface area contributed by atoms with Crippen molar-refractivity contribution in [3.63, 3.8) is 0 Å². The summed E-state index contributed by atoms with van der Waals surface area (Å²) in [5.41, 5.74) is 6.59. The van der Waals surface area contributed by atoms with Gasteiger partial charge >= 0.3 is 0 Å². The summed E-state index contributed by atoms with van der Waals surface area (Å²) in [6.45, 7) is 6.85. The minimum atomic E-state index is 0.188. The number of nitrogens with zero attached hydrogens (tertiary/aromatic N) is 6. The number of ether oxygens (including phenoxy) is 2. The van der Waals surface area contributed by atoms with Gasteiger partial charge < -0.3 is 19.7 Å². The summed E-state index contributed by atoms with van der Waals surface area (Å²) in [6.07, 6.45) is 33.6. The third-order valence-electron chi connectivity index (χ3n) is 11.1. The second kappa shape index (κ2) is 32.4. The number of unbranched alkanes of at least 4 members (excludes halogenated alkanes) is 6. The van der Waals surface area contributed by atoms with E-state index >= 15 is 0 Å². The van der Waals surface area contributed by atoms with Crippen LogP contribution in [0.15, 0.2) is 147 Å². The lowest BCUT2D eigenvalue weighted by molar-refractivity contribution is -0.891. The summed E-state index contributed by atoms with van der Waals surface area (Å²) >= 11 is 0. The van der Waals surface area contributed by atoms with E-state index in [0.29, 0.717) is 66.1 Å². The molecule has 16 nitrogen and oxygen atoms in total. The molecule has 6 heterocycles. The Morgan fingerprint density at radius 2 is 0.386 bits per heavy atom. The fraction of sp³-hybridized carbons (Fsp3) is 0.444. The van der Waals surface area contributed by atoms with Crippen LogP contribution in [0.5, 0.6) is 0 Å². The highest BCUT2D eigenvalue weighted by Gasteiger charge is 2.11. The van der Waals surface area contributed by atoms with Gasteiger partial charge in [-0.15, -0.1) is 0 Å². The lowest BCUT2D eigenvalue weighted by Gasteiger charge is -2.04. The molecular formula is C54H74N6O10+6. The van der Waals surface area contributed by atoms with Crippen LogP contribution in [0.25, 0.3) is 33.4 Å². The normalized spacial score (nSPS) is 11.1. The summed E-state index contributed by atoms with van der Waals surface area (Å²) in [5.74, 6) is 0. The topological polar surface area (TPSA) is 138 Å². The minimum Gasteiger partial charge on any atom is -0.396 e. The first-order valence-electron chi connectivity index (χ1n) is 24.9. The van der Waals surface area contributed by atoms with E-state index in [-0.39, 0.29) is 13.2 Å². The molecule has 0 saturated carbocycles. The van der Waals surface area contributed by atoms with Crippen molar-refractivity contribution in [3.8, 4) is 33.4 Å². The van der Waals surface area contributed by atoms with Gasteiger partial charge in [0, 0.05) is 141 Å². The maximum Gasteiger partial charge on any atom is 0.223 e. The van der Waals surface area contributed by atoms with Gasteiger partial charge in [-0.2, -0.15) is 0 Å². The molecule has 0 amide bonds. The lowest BCUT2D eigenvalue weighted by atomic mass is 10.1.